The first-order chi connectivity index (χ1) is 5.75. The van der Waals surface area contributed by atoms with Crippen molar-refractivity contribution in [1.29, 1.82) is 0 Å². The minimum atomic E-state index is 0.403. The maximum Gasteiger partial charge on any atom is 0.0701 e. The van der Waals surface area contributed by atoms with Crippen molar-refractivity contribution < 1.29 is 4.74 Å². The molecule has 1 fully saturated rings. The average molecular weight is 171 g/mol. The van der Waals surface area contributed by atoms with Crippen molar-refractivity contribution in [2.75, 3.05) is 20.2 Å². The van der Waals surface area contributed by atoms with Crippen molar-refractivity contribution in [2.45, 2.75) is 45.3 Å². The lowest BCUT2D eigenvalue weighted by Crippen LogP contribution is -2.44. The van der Waals surface area contributed by atoms with Crippen molar-refractivity contribution >= 4 is 0 Å². The van der Waals surface area contributed by atoms with Gasteiger partial charge >= 0.3 is 0 Å². The topological polar surface area (TPSA) is 12.5 Å². The van der Waals surface area contributed by atoms with Gasteiger partial charge in [0, 0.05) is 12.6 Å². The van der Waals surface area contributed by atoms with Crippen molar-refractivity contribution in [3.8, 4) is 0 Å². The van der Waals surface area contributed by atoms with Crippen LogP contribution >= 0.6 is 0 Å². The van der Waals surface area contributed by atoms with E-state index in [1.807, 2.05) is 0 Å². The molecular formula is C10H21NO. The van der Waals surface area contributed by atoms with Crippen LogP contribution < -0.4 is 0 Å². The van der Waals surface area contributed by atoms with Crippen LogP contribution in [-0.4, -0.2) is 37.2 Å². The van der Waals surface area contributed by atoms with Crippen LogP contribution in [0.5, 0.6) is 0 Å². The number of rotatable bonds is 3. The number of piperidine rings is 1. The highest BCUT2D eigenvalue weighted by molar-refractivity contribution is 4.79. The summed E-state index contributed by atoms with van der Waals surface area (Å²) in [6, 6.07) is 0.652. The Bertz CT molecular complexity index is 127. The Morgan fingerprint density at radius 2 is 2.25 bits per heavy atom. The van der Waals surface area contributed by atoms with Gasteiger partial charge in [0.2, 0.25) is 0 Å². The van der Waals surface area contributed by atoms with E-state index in [9.17, 15) is 0 Å². The molecule has 1 heterocycles. The maximum atomic E-state index is 5.61. The zero-order valence-electron chi connectivity index (χ0n) is 8.55. The van der Waals surface area contributed by atoms with Gasteiger partial charge in [-0.05, 0) is 40.3 Å². The van der Waals surface area contributed by atoms with Crippen LogP contribution in [-0.2, 0) is 4.74 Å². The molecule has 0 bridgehead atoms. The Morgan fingerprint density at radius 1 is 1.50 bits per heavy atom. The lowest BCUT2D eigenvalue weighted by Gasteiger charge is -2.36. The fraction of sp³-hybridized carbons (Fsp3) is 1.00. The molecule has 2 atom stereocenters. The molecule has 0 aromatic carbocycles. The summed E-state index contributed by atoms with van der Waals surface area (Å²) in [7, 11) is 2.21. The second-order valence-corrected chi connectivity index (χ2v) is 3.70. The predicted octanol–water partition coefficient (Wildman–Crippen LogP) is 1.90. The zero-order chi connectivity index (χ0) is 8.97. The molecule has 1 aliphatic heterocycles. The SMILES string of the molecule is CCO[C@@H](C)[C@@H]1CCCCN1C. The van der Waals surface area contributed by atoms with Crippen LogP contribution in [0.4, 0.5) is 0 Å². The van der Waals surface area contributed by atoms with Crippen molar-refractivity contribution in [1.82, 2.24) is 4.90 Å². The molecule has 0 radical (unpaired) electrons. The molecule has 2 nitrogen and oxygen atoms in total. The van der Waals surface area contributed by atoms with E-state index in [4.69, 9.17) is 4.74 Å². The summed E-state index contributed by atoms with van der Waals surface area (Å²) < 4.78 is 5.61. The van der Waals surface area contributed by atoms with Gasteiger partial charge in [0.15, 0.2) is 0 Å². The molecule has 1 rings (SSSR count). The van der Waals surface area contributed by atoms with Gasteiger partial charge < -0.3 is 9.64 Å². The molecule has 0 saturated carbocycles. The third-order valence-corrected chi connectivity index (χ3v) is 2.80. The van der Waals surface area contributed by atoms with E-state index in [-0.39, 0.29) is 0 Å². The van der Waals surface area contributed by atoms with Crippen LogP contribution in [0.1, 0.15) is 33.1 Å². The number of likely N-dealkylation sites (tertiary alicyclic amines) is 1. The van der Waals surface area contributed by atoms with Crippen LogP contribution in [0, 0.1) is 0 Å². The molecule has 0 unspecified atom stereocenters. The van der Waals surface area contributed by atoms with E-state index >= 15 is 0 Å². The van der Waals surface area contributed by atoms with E-state index < -0.39 is 0 Å². The average Bonchev–Trinajstić information content (AvgIpc) is 2.05. The van der Waals surface area contributed by atoms with Gasteiger partial charge in [-0.1, -0.05) is 6.42 Å². The van der Waals surface area contributed by atoms with Crippen LogP contribution in [0.25, 0.3) is 0 Å². The first-order valence-corrected chi connectivity index (χ1v) is 5.07. The zero-order valence-corrected chi connectivity index (χ0v) is 8.55. The Labute approximate surface area is 75.9 Å². The summed E-state index contributed by atoms with van der Waals surface area (Å²) >= 11 is 0. The van der Waals surface area contributed by atoms with E-state index in [0.717, 1.165) is 6.61 Å². The molecule has 1 aliphatic rings. The lowest BCUT2D eigenvalue weighted by atomic mass is 9.99. The number of ether oxygens (including phenoxy) is 1. The Hall–Kier alpha value is -0.0800. The third-order valence-electron chi connectivity index (χ3n) is 2.80. The second kappa shape index (κ2) is 4.83. The Kier molecular flexibility index (Phi) is 4.02. The molecule has 0 N–H and O–H groups in total. The largest absolute Gasteiger partial charge is 0.377 e. The summed E-state index contributed by atoms with van der Waals surface area (Å²) in [6.07, 6.45) is 4.43. The van der Waals surface area contributed by atoms with E-state index in [2.05, 4.69) is 25.8 Å². The fourth-order valence-corrected chi connectivity index (χ4v) is 2.07. The molecule has 0 aliphatic carbocycles. The molecule has 0 aromatic heterocycles. The predicted molar refractivity (Wildman–Crippen MR) is 51.4 cm³/mol. The van der Waals surface area contributed by atoms with Gasteiger partial charge in [-0.3, -0.25) is 0 Å². The first kappa shape index (κ1) is 10.0. The van der Waals surface area contributed by atoms with Gasteiger partial charge in [0.05, 0.1) is 6.10 Å². The summed E-state index contributed by atoms with van der Waals surface area (Å²) in [4.78, 5) is 2.43. The smallest absolute Gasteiger partial charge is 0.0701 e. The third kappa shape index (κ3) is 2.46. The second-order valence-electron chi connectivity index (χ2n) is 3.70. The normalized spacial score (nSPS) is 28.8. The molecule has 0 amide bonds. The Morgan fingerprint density at radius 3 is 2.83 bits per heavy atom. The number of hydrogen-bond donors (Lipinski definition) is 0. The highest BCUT2D eigenvalue weighted by Crippen LogP contribution is 2.19. The number of nitrogens with zero attached hydrogens (tertiary/aromatic N) is 1. The van der Waals surface area contributed by atoms with Crippen molar-refractivity contribution in [3.05, 3.63) is 0 Å². The van der Waals surface area contributed by atoms with Crippen molar-refractivity contribution in [3.63, 3.8) is 0 Å². The van der Waals surface area contributed by atoms with Gasteiger partial charge in [0.1, 0.15) is 0 Å². The highest BCUT2D eigenvalue weighted by atomic mass is 16.5. The van der Waals surface area contributed by atoms with Crippen LogP contribution in [0.3, 0.4) is 0 Å². The van der Waals surface area contributed by atoms with Gasteiger partial charge in [-0.15, -0.1) is 0 Å². The van der Waals surface area contributed by atoms with E-state index in [1.165, 1.54) is 25.8 Å². The summed E-state index contributed by atoms with van der Waals surface area (Å²) in [6.45, 7) is 6.34. The summed E-state index contributed by atoms with van der Waals surface area (Å²) in [5.74, 6) is 0. The monoisotopic (exact) mass is 171 g/mol. The van der Waals surface area contributed by atoms with Crippen molar-refractivity contribution in [2.24, 2.45) is 0 Å². The quantitative estimate of drug-likeness (QED) is 0.643. The highest BCUT2D eigenvalue weighted by Gasteiger charge is 2.24. The first-order valence-electron chi connectivity index (χ1n) is 5.07. The lowest BCUT2D eigenvalue weighted by molar-refractivity contribution is -0.00360. The molecule has 2 heteroatoms. The van der Waals surface area contributed by atoms with E-state index in [1.54, 1.807) is 0 Å². The fourth-order valence-electron chi connectivity index (χ4n) is 2.07. The molecule has 0 spiro atoms. The molecule has 72 valence electrons. The minimum absolute atomic E-state index is 0.403. The Balaban J connectivity index is 2.36. The molecular weight excluding hydrogens is 150 g/mol. The number of likely N-dealkylation sites (N-methyl/N-ethyl adjacent to an activating group) is 1. The van der Waals surface area contributed by atoms with Gasteiger partial charge in [-0.25, -0.2) is 0 Å². The van der Waals surface area contributed by atoms with Gasteiger partial charge in [0.25, 0.3) is 0 Å². The molecule has 12 heavy (non-hydrogen) atoms. The van der Waals surface area contributed by atoms with Crippen LogP contribution in [0.15, 0.2) is 0 Å². The summed E-state index contributed by atoms with van der Waals surface area (Å²) in [5, 5.41) is 0. The summed E-state index contributed by atoms with van der Waals surface area (Å²) in [5.41, 5.74) is 0. The standard InChI is InChI=1S/C10H21NO/c1-4-12-9(2)10-7-5-6-8-11(10)3/h9-10H,4-8H2,1-3H3/t9-,10-/m0/s1. The molecule has 1 saturated heterocycles. The van der Waals surface area contributed by atoms with E-state index in [0.29, 0.717) is 12.1 Å². The molecule has 0 aromatic rings. The minimum Gasteiger partial charge on any atom is -0.377 e. The number of hydrogen-bond acceptors (Lipinski definition) is 2. The maximum absolute atomic E-state index is 5.61. The van der Waals surface area contributed by atoms with Gasteiger partial charge in [-0.2, -0.15) is 0 Å². The van der Waals surface area contributed by atoms with Crippen LogP contribution in [0.2, 0.25) is 0 Å².